The number of para-hydroxylation sites is 1. The minimum atomic E-state index is -0.682. The van der Waals surface area contributed by atoms with E-state index in [0.717, 1.165) is 5.69 Å². The number of nitrogens with two attached hydrogens (primary N) is 1. The minimum absolute atomic E-state index is 0.114. The van der Waals surface area contributed by atoms with E-state index in [0.29, 0.717) is 5.69 Å². The van der Waals surface area contributed by atoms with Crippen molar-refractivity contribution in [1.82, 2.24) is 9.78 Å². The number of hydrogen-bond acceptors (Lipinski definition) is 5. The topological polar surface area (TPSA) is 117 Å². The van der Waals surface area contributed by atoms with Crippen molar-refractivity contribution in [3.05, 3.63) is 63.8 Å². The SMILES string of the molecule is Cc1c(C(N)=O)c(-c2ccc([N+](=O)[O-])o2)nn1-c1ccccc1. The quantitative estimate of drug-likeness (QED) is 0.586. The van der Waals surface area contributed by atoms with Crippen LogP contribution in [0.2, 0.25) is 0 Å². The van der Waals surface area contributed by atoms with Gasteiger partial charge in [-0.25, -0.2) is 4.68 Å². The van der Waals surface area contributed by atoms with Crippen molar-refractivity contribution < 1.29 is 14.1 Å². The molecule has 1 aromatic carbocycles. The van der Waals surface area contributed by atoms with E-state index >= 15 is 0 Å². The zero-order valence-corrected chi connectivity index (χ0v) is 12.1. The standard InChI is InChI=1S/C15H12N4O4/c1-9-13(15(16)20)14(11-7-8-12(23-11)19(21)22)17-18(9)10-5-3-2-4-6-10/h2-8H,1H3,(H2,16,20). The molecule has 116 valence electrons. The van der Waals surface area contributed by atoms with Crippen LogP contribution in [0.3, 0.4) is 0 Å². The first-order valence-electron chi connectivity index (χ1n) is 6.68. The van der Waals surface area contributed by atoms with Crippen LogP contribution in [0.15, 0.2) is 46.9 Å². The van der Waals surface area contributed by atoms with Crippen LogP contribution in [-0.4, -0.2) is 20.6 Å². The van der Waals surface area contributed by atoms with Gasteiger partial charge in [0.2, 0.25) is 0 Å². The third-order valence-electron chi connectivity index (χ3n) is 3.37. The summed E-state index contributed by atoms with van der Waals surface area (Å²) >= 11 is 0. The van der Waals surface area contributed by atoms with E-state index in [2.05, 4.69) is 5.10 Å². The van der Waals surface area contributed by atoms with Gasteiger partial charge in [0.25, 0.3) is 5.91 Å². The molecule has 2 aromatic heterocycles. The summed E-state index contributed by atoms with van der Waals surface area (Å²) in [6, 6.07) is 11.8. The van der Waals surface area contributed by atoms with Crippen molar-refractivity contribution >= 4 is 11.8 Å². The van der Waals surface area contributed by atoms with E-state index in [1.807, 2.05) is 30.3 Å². The first kappa shape index (κ1) is 14.5. The molecule has 0 bridgehead atoms. The molecule has 2 N–H and O–H groups in total. The second-order valence-electron chi connectivity index (χ2n) is 4.82. The Morgan fingerprint density at radius 3 is 2.52 bits per heavy atom. The fourth-order valence-electron chi connectivity index (χ4n) is 2.34. The zero-order valence-electron chi connectivity index (χ0n) is 12.1. The molecule has 0 aliphatic carbocycles. The molecule has 0 aliphatic rings. The average molecular weight is 312 g/mol. The summed E-state index contributed by atoms with van der Waals surface area (Å²) in [5, 5.41) is 15.1. The van der Waals surface area contributed by atoms with Gasteiger partial charge in [-0.05, 0) is 25.1 Å². The number of nitro groups is 1. The molecule has 0 unspecified atom stereocenters. The lowest BCUT2D eigenvalue weighted by Gasteiger charge is -2.03. The molecule has 1 amide bonds. The lowest BCUT2D eigenvalue weighted by Crippen LogP contribution is -2.13. The van der Waals surface area contributed by atoms with E-state index in [-0.39, 0.29) is 17.0 Å². The Hall–Kier alpha value is -3.42. The lowest BCUT2D eigenvalue weighted by atomic mass is 10.1. The highest BCUT2D eigenvalue weighted by molar-refractivity contribution is 5.99. The maximum atomic E-state index is 11.8. The second-order valence-corrected chi connectivity index (χ2v) is 4.82. The number of carbonyl (C=O) groups excluding carboxylic acids is 1. The van der Waals surface area contributed by atoms with Crippen LogP contribution in [0.25, 0.3) is 17.1 Å². The smallest absolute Gasteiger partial charge is 0.399 e. The monoisotopic (exact) mass is 312 g/mol. The molecule has 8 nitrogen and oxygen atoms in total. The lowest BCUT2D eigenvalue weighted by molar-refractivity contribution is -0.401. The molecular formula is C15H12N4O4. The highest BCUT2D eigenvalue weighted by atomic mass is 16.6. The maximum Gasteiger partial charge on any atom is 0.433 e. The molecule has 23 heavy (non-hydrogen) atoms. The molecule has 2 heterocycles. The van der Waals surface area contributed by atoms with Crippen LogP contribution in [0, 0.1) is 17.0 Å². The van der Waals surface area contributed by atoms with E-state index in [4.69, 9.17) is 10.2 Å². The minimum Gasteiger partial charge on any atom is -0.399 e. The first-order valence-corrected chi connectivity index (χ1v) is 6.68. The predicted octanol–water partition coefficient (Wildman–Crippen LogP) is 2.45. The summed E-state index contributed by atoms with van der Waals surface area (Å²) < 4.78 is 6.69. The molecule has 0 saturated carbocycles. The normalized spacial score (nSPS) is 10.7. The van der Waals surface area contributed by atoms with Crippen molar-refractivity contribution in [3.63, 3.8) is 0 Å². The third kappa shape index (κ3) is 2.46. The maximum absolute atomic E-state index is 11.8. The van der Waals surface area contributed by atoms with Crippen molar-refractivity contribution in [2.45, 2.75) is 6.92 Å². The van der Waals surface area contributed by atoms with Gasteiger partial charge in [-0.1, -0.05) is 18.2 Å². The Kier molecular flexibility index (Phi) is 3.41. The van der Waals surface area contributed by atoms with Gasteiger partial charge < -0.3 is 10.2 Å². The van der Waals surface area contributed by atoms with Gasteiger partial charge in [0.1, 0.15) is 10.6 Å². The van der Waals surface area contributed by atoms with Crippen molar-refractivity contribution in [2.24, 2.45) is 5.73 Å². The number of benzene rings is 1. The summed E-state index contributed by atoms with van der Waals surface area (Å²) in [4.78, 5) is 21.9. The van der Waals surface area contributed by atoms with Crippen LogP contribution in [-0.2, 0) is 0 Å². The van der Waals surface area contributed by atoms with E-state index < -0.39 is 16.7 Å². The summed E-state index contributed by atoms with van der Waals surface area (Å²) in [5.41, 5.74) is 7.04. The summed E-state index contributed by atoms with van der Waals surface area (Å²) in [6.07, 6.45) is 0. The highest BCUT2D eigenvalue weighted by Gasteiger charge is 2.25. The van der Waals surface area contributed by atoms with Gasteiger partial charge in [-0.2, -0.15) is 5.10 Å². The first-order chi connectivity index (χ1) is 11.0. The van der Waals surface area contributed by atoms with Crippen molar-refractivity contribution in [3.8, 4) is 17.1 Å². The fourth-order valence-corrected chi connectivity index (χ4v) is 2.34. The molecule has 0 saturated heterocycles. The van der Waals surface area contributed by atoms with Gasteiger partial charge in [0, 0.05) is 0 Å². The molecule has 3 rings (SSSR count). The molecule has 8 heteroatoms. The van der Waals surface area contributed by atoms with Crippen LogP contribution in [0.5, 0.6) is 0 Å². The number of amides is 1. The summed E-state index contributed by atoms with van der Waals surface area (Å²) in [6.45, 7) is 1.70. The van der Waals surface area contributed by atoms with Crippen LogP contribution < -0.4 is 5.73 Å². The average Bonchev–Trinajstić information content (AvgIpc) is 3.12. The fraction of sp³-hybridized carbons (Fsp3) is 0.0667. The summed E-state index contributed by atoms with van der Waals surface area (Å²) in [7, 11) is 0. The van der Waals surface area contributed by atoms with Crippen LogP contribution >= 0.6 is 0 Å². The number of aromatic nitrogens is 2. The Balaban J connectivity index is 2.20. The Morgan fingerprint density at radius 1 is 1.26 bits per heavy atom. The molecule has 0 fully saturated rings. The predicted molar refractivity (Wildman–Crippen MR) is 81.2 cm³/mol. The van der Waals surface area contributed by atoms with E-state index in [1.165, 1.54) is 12.1 Å². The zero-order chi connectivity index (χ0) is 16.6. The Morgan fingerprint density at radius 2 is 1.96 bits per heavy atom. The molecule has 0 aliphatic heterocycles. The van der Waals surface area contributed by atoms with E-state index in [9.17, 15) is 14.9 Å². The van der Waals surface area contributed by atoms with E-state index in [1.54, 1.807) is 11.6 Å². The molecule has 0 spiro atoms. The van der Waals surface area contributed by atoms with Crippen LogP contribution in [0.4, 0.5) is 5.88 Å². The van der Waals surface area contributed by atoms with Gasteiger partial charge >= 0.3 is 5.88 Å². The van der Waals surface area contributed by atoms with Crippen LogP contribution in [0.1, 0.15) is 16.1 Å². The van der Waals surface area contributed by atoms with Gasteiger partial charge in [-0.15, -0.1) is 0 Å². The third-order valence-corrected chi connectivity index (χ3v) is 3.37. The summed E-state index contributed by atoms with van der Waals surface area (Å²) in [5.74, 6) is -0.996. The van der Waals surface area contributed by atoms with Gasteiger partial charge in [-0.3, -0.25) is 14.9 Å². The molecule has 0 radical (unpaired) electrons. The highest BCUT2D eigenvalue weighted by Crippen LogP contribution is 2.30. The van der Waals surface area contributed by atoms with Gasteiger partial charge in [0.15, 0.2) is 5.76 Å². The number of furan rings is 1. The Labute approximate surface area is 130 Å². The number of hydrogen-bond donors (Lipinski definition) is 1. The number of rotatable bonds is 4. The Bertz CT molecular complexity index is 896. The number of nitrogens with zero attached hydrogens (tertiary/aromatic N) is 3. The van der Waals surface area contributed by atoms with Crippen molar-refractivity contribution in [1.29, 1.82) is 0 Å². The molecule has 3 aromatic rings. The molecule has 0 atom stereocenters. The van der Waals surface area contributed by atoms with Gasteiger partial charge in [0.05, 0.1) is 23.0 Å². The number of carbonyl (C=O) groups is 1. The second kappa shape index (κ2) is 5.41. The number of primary amides is 1. The van der Waals surface area contributed by atoms with Crippen molar-refractivity contribution in [2.75, 3.05) is 0 Å². The largest absolute Gasteiger partial charge is 0.433 e. The molecular weight excluding hydrogens is 300 g/mol.